The molecule has 5 heteroatoms. The number of nitrogens with zero attached hydrogens (tertiary/aromatic N) is 2. The van der Waals surface area contributed by atoms with Crippen molar-refractivity contribution in [1.29, 1.82) is 0 Å². The van der Waals surface area contributed by atoms with Crippen LogP contribution in [0.4, 0.5) is 0 Å². The van der Waals surface area contributed by atoms with Crippen LogP contribution in [-0.2, 0) is 12.8 Å². The van der Waals surface area contributed by atoms with Crippen molar-refractivity contribution in [3.8, 4) is 23.0 Å². The van der Waals surface area contributed by atoms with Gasteiger partial charge in [0.25, 0.3) is 0 Å². The Kier molecular flexibility index (Phi) is 4.54. The van der Waals surface area contributed by atoms with Gasteiger partial charge in [0.1, 0.15) is 11.5 Å². The topological polar surface area (TPSA) is 63.9 Å². The van der Waals surface area contributed by atoms with Gasteiger partial charge < -0.3 is 14.1 Å². The van der Waals surface area contributed by atoms with Crippen LogP contribution in [0.3, 0.4) is 0 Å². The molecule has 0 aliphatic heterocycles. The summed E-state index contributed by atoms with van der Waals surface area (Å²) in [5, 5.41) is 9.64. The summed E-state index contributed by atoms with van der Waals surface area (Å²) in [6.07, 6.45) is 3.59. The van der Waals surface area contributed by atoms with Crippen molar-refractivity contribution >= 4 is 10.9 Å². The van der Waals surface area contributed by atoms with Gasteiger partial charge in [0.05, 0.1) is 0 Å². The minimum atomic E-state index is 0.519. The highest BCUT2D eigenvalue weighted by Gasteiger charge is 2.10. The number of aromatic nitrogens is 3. The van der Waals surface area contributed by atoms with Gasteiger partial charge >= 0.3 is 0 Å². The Labute approximate surface area is 168 Å². The number of aryl methyl sites for hydroxylation is 2. The molecule has 0 saturated heterocycles. The first-order valence-electron chi connectivity index (χ1n) is 9.56. The highest BCUT2D eigenvalue weighted by molar-refractivity contribution is 5.83. The van der Waals surface area contributed by atoms with E-state index in [2.05, 4.69) is 33.4 Å². The van der Waals surface area contributed by atoms with E-state index in [0.29, 0.717) is 18.2 Å². The molecular formula is C24H19N3O2. The van der Waals surface area contributed by atoms with Gasteiger partial charge in [-0.25, -0.2) is 0 Å². The lowest BCUT2D eigenvalue weighted by Crippen LogP contribution is -1.90. The average molecular weight is 381 g/mol. The molecule has 2 heterocycles. The molecule has 0 saturated carbocycles. The summed E-state index contributed by atoms with van der Waals surface area (Å²) in [7, 11) is 0. The molecule has 0 bridgehead atoms. The average Bonchev–Trinajstić information content (AvgIpc) is 3.41. The predicted molar refractivity (Wildman–Crippen MR) is 112 cm³/mol. The van der Waals surface area contributed by atoms with Crippen LogP contribution in [0.15, 0.2) is 89.5 Å². The van der Waals surface area contributed by atoms with E-state index in [4.69, 9.17) is 9.15 Å². The second kappa shape index (κ2) is 7.64. The Bertz CT molecular complexity index is 1220. The fourth-order valence-electron chi connectivity index (χ4n) is 3.34. The maximum absolute atomic E-state index is 5.86. The standard InChI is InChI=1S/C24H19N3O2/c1-2-6-19(7-3-1)28-20-13-10-17(11-14-20)24-27-26-23(29-24)15-12-18-16-25-22-9-5-4-8-21(18)22/h1-11,13-14,16,25H,12,15H2. The summed E-state index contributed by atoms with van der Waals surface area (Å²) in [5.74, 6) is 2.72. The zero-order valence-corrected chi connectivity index (χ0v) is 15.7. The number of nitrogens with one attached hydrogen (secondary N) is 1. The van der Waals surface area contributed by atoms with E-state index in [9.17, 15) is 0 Å². The number of benzene rings is 3. The number of H-pyrrole nitrogens is 1. The number of para-hydroxylation sites is 2. The summed E-state index contributed by atoms with van der Waals surface area (Å²) < 4.78 is 11.7. The molecule has 0 fully saturated rings. The third-order valence-electron chi connectivity index (χ3n) is 4.83. The first kappa shape index (κ1) is 17.3. The molecule has 0 atom stereocenters. The number of rotatable bonds is 6. The summed E-state index contributed by atoms with van der Waals surface area (Å²) in [6.45, 7) is 0. The first-order valence-corrected chi connectivity index (χ1v) is 9.56. The fraction of sp³-hybridized carbons (Fsp3) is 0.0833. The van der Waals surface area contributed by atoms with Crippen LogP contribution in [0, 0.1) is 0 Å². The van der Waals surface area contributed by atoms with Crippen LogP contribution < -0.4 is 4.74 Å². The third-order valence-corrected chi connectivity index (χ3v) is 4.83. The minimum absolute atomic E-state index is 0.519. The molecule has 3 aromatic carbocycles. The highest BCUT2D eigenvalue weighted by Crippen LogP contribution is 2.25. The molecule has 0 aliphatic carbocycles. The van der Waals surface area contributed by atoms with Crippen LogP contribution in [0.1, 0.15) is 11.5 Å². The molecule has 2 aromatic heterocycles. The van der Waals surface area contributed by atoms with Gasteiger partial charge in [-0.2, -0.15) is 0 Å². The van der Waals surface area contributed by atoms with Crippen LogP contribution in [-0.4, -0.2) is 15.2 Å². The van der Waals surface area contributed by atoms with Crippen molar-refractivity contribution in [3.63, 3.8) is 0 Å². The Balaban J connectivity index is 1.26. The van der Waals surface area contributed by atoms with E-state index in [-0.39, 0.29) is 0 Å². The number of fused-ring (bicyclic) bond motifs is 1. The first-order chi connectivity index (χ1) is 14.3. The van der Waals surface area contributed by atoms with Gasteiger partial charge in [0.2, 0.25) is 11.8 Å². The van der Waals surface area contributed by atoms with Crippen molar-refractivity contribution in [2.24, 2.45) is 0 Å². The van der Waals surface area contributed by atoms with E-state index in [1.807, 2.05) is 66.9 Å². The SMILES string of the molecule is c1ccc(Oc2ccc(-c3nnc(CCc4c[nH]c5ccccc45)o3)cc2)cc1. The van der Waals surface area contributed by atoms with Crippen LogP contribution >= 0.6 is 0 Å². The summed E-state index contributed by atoms with van der Waals surface area (Å²) >= 11 is 0. The summed E-state index contributed by atoms with van der Waals surface area (Å²) in [5.41, 5.74) is 3.27. The highest BCUT2D eigenvalue weighted by atomic mass is 16.5. The van der Waals surface area contributed by atoms with Crippen molar-refractivity contribution < 1.29 is 9.15 Å². The Hall–Kier alpha value is -3.86. The lowest BCUT2D eigenvalue weighted by molar-refractivity contribution is 0.482. The lowest BCUT2D eigenvalue weighted by atomic mass is 10.1. The summed E-state index contributed by atoms with van der Waals surface area (Å²) in [6, 6.07) is 25.6. The molecule has 0 amide bonds. The number of ether oxygens (including phenoxy) is 1. The van der Waals surface area contributed by atoms with Gasteiger partial charge in [0.15, 0.2) is 0 Å². The van der Waals surface area contributed by atoms with E-state index < -0.39 is 0 Å². The zero-order chi connectivity index (χ0) is 19.5. The van der Waals surface area contributed by atoms with E-state index in [1.54, 1.807) is 0 Å². The molecule has 5 rings (SSSR count). The minimum Gasteiger partial charge on any atom is -0.457 e. The molecule has 0 spiro atoms. The number of hydrogen-bond acceptors (Lipinski definition) is 4. The van der Waals surface area contributed by atoms with Gasteiger partial charge in [-0.05, 0) is 54.4 Å². The van der Waals surface area contributed by atoms with Crippen molar-refractivity contribution in [1.82, 2.24) is 15.2 Å². The zero-order valence-electron chi connectivity index (χ0n) is 15.7. The second-order valence-electron chi connectivity index (χ2n) is 6.80. The molecule has 0 aliphatic rings. The quantitative estimate of drug-likeness (QED) is 0.404. The van der Waals surface area contributed by atoms with Gasteiger partial charge in [0, 0.05) is 29.1 Å². The largest absolute Gasteiger partial charge is 0.457 e. The van der Waals surface area contributed by atoms with Crippen LogP contribution in [0.5, 0.6) is 11.5 Å². The van der Waals surface area contributed by atoms with Crippen LogP contribution in [0.25, 0.3) is 22.4 Å². The number of aromatic amines is 1. The van der Waals surface area contributed by atoms with Gasteiger partial charge in [-0.3, -0.25) is 0 Å². The smallest absolute Gasteiger partial charge is 0.247 e. The molecule has 0 unspecified atom stereocenters. The van der Waals surface area contributed by atoms with Gasteiger partial charge in [-0.1, -0.05) is 36.4 Å². The molecule has 5 aromatic rings. The van der Waals surface area contributed by atoms with Crippen molar-refractivity contribution in [2.75, 3.05) is 0 Å². The van der Waals surface area contributed by atoms with E-state index in [0.717, 1.165) is 29.0 Å². The maximum Gasteiger partial charge on any atom is 0.247 e. The Morgan fingerprint density at radius 1 is 0.759 bits per heavy atom. The second-order valence-corrected chi connectivity index (χ2v) is 6.80. The molecule has 29 heavy (non-hydrogen) atoms. The predicted octanol–water partition coefficient (Wildman–Crippen LogP) is 5.80. The molecule has 0 radical (unpaired) electrons. The van der Waals surface area contributed by atoms with Crippen molar-refractivity contribution in [2.45, 2.75) is 12.8 Å². The maximum atomic E-state index is 5.86. The third kappa shape index (κ3) is 3.75. The lowest BCUT2D eigenvalue weighted by Gasteiger charge is -2.05. The molecular weight excluding hydrogens is 362 g/mol. The van der Waals surface area contributed by atoms with Crippen LogP contribution in [0.2, 0.25) is 0 Å². The Morgan fingerprint density at radius 3 is 2.38 bits per heavy atom. The van der Waals surface area contributed by atoms with Gasteiger partial charge in [-0.15, -0.1) is 10.2 Å². The monoisotopic (exact) mass is 381 g/mol. The Morgan fingerprint density at radius 2 is 1.52 bits per heavy atom. The summed E-state index contributed by atoms with van der Waals surface area (Å²) in [4.78, 5) is 3.30. The van der Waals surface area contributed by atoms with E-state index in [1.165, 1.54) is 10.9 Å². The molecule has 5 nitrogen and oxygen atoms in total. The fourth-order valence-corrected chi connectivity index (χ4v) is 3.34. The molecule has 1 N–H and O–H groups in total. The normalized spacial score (nSPS) is 11.0. The van der Waals surface area contributed by atoms with Crippen molar-refractivity contribution in [3.05, 3.63) is 96.5 Å². The number of hydrogen-bond donors (Lipinski definition) is 1. The van der Waals surface area contributed by atoms with E-state index >= 15 is 0 Å². The molecule has 142 valence electrons.